The molecular weight excluding hydrogens is 444 g/mol. The Morgan fingerprint density at radius 2 is 2.27 bits per heavy atom. The van der Waals surface area contributed by atoms with Crippen LogP contribution >= 0.6 is 0 Å². The average Bonchev–Trinajstić information content (AvgIpc) is 3.24. The molecule has 0 aromatic heterocycles. The molecule has 0 spiro atoms. The number of amides is 2. The zero-order valence-electron chi connectivity index (χ0n) is 41.0. The van der Waals surface area contributed by atoms with E-state index in [-0.39, 0.29) is 4.90 Å². The quantitative estimate of drug-likeness (QED) is 0.571. The van der Waals surface area contributed by atoms with Crippen molar-refractivity contribution in [1.29, 1.82) is 0 Å². The second-order valence-electron chi connectivity index (χ2n) is 6.24. The van der Waals surface area contributed by atoms with E-state index in [1.165, 1.54) is 0 Å². The molecule has 0 saturated heterocycles. The molecule has 2 aliphatic rings. The third kappa shape index (κ3) is 4.98. The lowest BCUT2D eigenvalue weighted by atomic mass is 10.1. The first kappa shape index (κ1) is 7.46. The van der Waals surface area contributed by atoms with Gasteiger partial charge in [-0.1, -0.05) is 18.1 Å². The Hall–Kier alpha value is -3.07. The number of ether oxygens (including phenoxy) is 2. The van der Waals surface area contributed by atoms with E-state index in [1.54, 1.807) is 5.32 Å². The minimum atomic E-state index is -6.58. The molecule has 2 aromatic rings. The molecule has 176 valence electrons. The second-order valence-corrected chi connectivity index (χ2v) is 7.45. The predicted molar refractivity (Wildman–Crippen MR) is 124 cm³/mol. The van der Waals surface area contributed by atoms with Gasteiger partial charge < -0.3 is 19.7 Å². The molecule has 2 aromatic carbocycles. The minimum absolute atomic E-state index is 0.309. The number of benzene rings is 2. The summed E-state index contributed by atoms with van der Waals surface area (Å²) in [5, 5.41) is 1.74. The Morgan fingerprint density at radius 1 is 1.42 bits per heavy atom. The normalized spacial score (nSPS) is 34.4. The lowest BCUT2D eigenvalue weighted by Gasteiger charge is -2.28. The number of carbonyl (C=O) groups is 2. The lowest BCUT2D eigenvalue weighted by molar-refractivity contribution is -0.117. The Labute approximate surface area is 228 Å². The third-order valence-corrected chi connectivity index (χ3v) is 4.64. The number of anilines is 1. The van der Waals surface area contributed by atoms with Crippen LogP contribution in [-0.2, 0) is 21.2 Å². The molecule has 0 radical (unpaired) electrons. The molecule has 33 heavy (non-hydrogen) atoms. The number of fused-ring (bicyclic) bond motifs is 1. The first-order valence-corrected chi connectivity index (χ1v) is 10.1. The number of carbonyl (C=O) groups excluding carboxylic acids is 2. The molecule has 1 heterocycles. The smallest absolute Gasteiger partial charge is 0.257 e. The molecule has 1 atom stereocenters. The highest BCUT2D eigenvalue weighted by Crippen LogP contribution is 2.39. The zero-order valence-corrected chi connectivity index (χ0v) is 16.8. The molecule has 0 unspecified atom stereocenters. The largest absolute Gasteiger partial charge is 0.493 e. The van der Waals surface area contributed by atoms with Crippen molar-refractivity contribution in [2.75, 3.05) is 30.8 Å². The second kappa shape index (κ2) is 9.05. The van der Waals surface area contributed by atoms with Gasteiger partial charge in [-0.3, -0.25) is 9.59 Å². The van der Waals surface area contributed by atoms with Crippen LogP contribution in [0.4, 0.5) is 5.69 Å². The van der Waals surface area contributed by atoms with Crippen molar-refractivity contribution in [1.82, 2.24) is 4.90 Å². The summed E-state index contributed by atoms with van der Waals surface area (Å²) in [6.07, 6.45) is -10.9. The number of nitrogens with one attached hydrogen (secondary N) is 1. The number of methoxy groups -OCH3 is 1. The van der Waals surface area contributed by atoms with Crippen LogP contribution in [0.2, 0.25) is 0 Å². The van der Waals surface area contributed by atoms with Crippen molar-refractivity contribution in [2.45, 2.75) is 32.2 Å². The molecule has 1 aliphatic carbocycles. The molecule has 9 heteroatoms. The van der Waals surface area contributed by atoms with Crippen LogP contribution < -0.4 is 14.8 Å². The molecule has 8 nitrogen and oxygen atoms in total. The summed E-state index contributed by atoms with van der Waals surface area (Å²) >= 11 is 0. The van der Waals surface area contributed by atoms with Crippen molar-refractivity contribution in [3.63, 3.8) is 0 Å². The number of nitrogens with zero attached hydrogens (tertiary/aromatic N) is 1. The zero-order chi connectivity index (χ0) is 45.5. The van der Waals surface area contributed by atoms with E-state index in [1.807, 2.05) is 0 Å². The molecule has 2 amide bonds. The van der Waals surface area contributed by atoms with Crippen LogP contribution in [0, 0.1) is 5.89 Å². The third-order valence-electron chi connectivity index (χ3n) is 4.18. The summed E-state index contributed by atoms with van der Waals surface area (Å²) in [4.78, 5) is 27.4. The fourth-order valence-electron chi connectivity index (χ4n) is 2.82. The maximum absolute atomic E-state index is 14.5. The van der Waals surface area contributed by atoms with E-state index in [9.17, 15) is 19.4 Å². The van der Waals surface area contributed by atoms with Gasteiger partial charge in [0, 0.05) is 36.4 Å². The summed E-state index contributed by atoms with van der Waals surface area (Å²) in [7, 11) is -10.3. The molecule has 1 aliphatic heterocycles. The van der Waals surface area contributed by atoms with Gasteiger partial charge in [0.25, 0.3) is 5.91 Å². The molecule has 4 rings (SSSR count). The van der Waals surface area contributed by atoms with E-state index < -0.39 is 155 Å². The Balaban J connectivity index is 2.17. The van der Waals surface area contributed by atoms with Gasteiger partial charge >= 0.3 is 0 Å². The first-order chi connectivity index (χ1) is 25.6. The molecule has 1 N–H and O–H groups in total. The van der Waals surface area contributed by atoms with Gasteiger partial charge in [0.15, 0.2) is 11.5 Å². The van der Waals surface area contributed by atoms with Crippen molar-refractivity contribution in [2.24, 2.45) is 5.89 Å². The summed E-state index contributed by atoms with van der Waals surface area (Å²) in [5.74, 6) is -10.6. The SMILES string of the molecule is [2H]c1c([2H])c2c(c(NC(=O)C3([2H])C([2H])([2H])C3([2H])[2H])c1[2H])C(=O)N([C@@]([2H])(c1c([2H])c([2H])c(OC([2H])([2H])[2H])c(OC([2H])([2H])C([2H])([2H])[2H])c1[2H])C([2H])([2H])S(=O)(=O)C([2H])([2H])[2H])C2. The van der Waals surface area contributed by atoms with Crippen LogP contribution in [-0.4, -0.2) is 50.6 Å². The molecule has 0 bridgehead atoms. The van der Waals surface area contributed by atoms with Gasteiger partial charge in [0.1, 0.15) is 9.84 Å². The fourth-order valence-corrected chi connectivity index (χ4v) is 3.29. The highest BCUT2D eigenvalue weighted by Gasteiger charge is 2.38. The number of hydrogen-bond acceptors (Lipinski definition) is 6. The van der Waals surface area contributed by atoms with Gasteiger partial charge in [-0.25, -0.2) is 8.42 Å². The van der Waals surface area contributed by atoms with Crippen molar-refractivity contribution < 1.29 is 61.7 Å². The Bertz CT molecular complexity index is 2220. The highest BCUT2D eigenvalue weighted by atomic mass is 32.2. The molecular formula is C24H28N2O6S. The van der Waals surface area contributed by atoms with E-state index in [2.05, 4.69) is 4.74 Å². The van der Waals surface area contributed by atoms with Gasteiger partial charge in [-0.2, -0.15) is 0 Å². The van der Waals surface area contributed by atoms with E-state index in [0.29, 0.717) is 0 Å². The first-order valence-electron chi connectivity index (χ1n) is 21.1. The fraction of sp³-hybridized carbons (Fsp3) is 0.417. The summed E-state index contributed by atoms with van der Waals surface area (Å²) < 4.78 is 237. The topological polar surface area (TPSA) is 102 Å². The maximum atomic E-state index is 14.5. The maximum Gasteiger partial charge on any atom is 0.257 e. The van der Waals surface area contributed by atoms with E-state index in [0.717, 1.165) is 0 Å². The lowest BCUT2D eigenvalue weighted by Crippen LogP contribution is -2.34. The Kier molecular flexibility index (Phi) is 2.05. The van der Waals surface area contributed by atoms with Crippen LogP contribution in [0.5, 0.6) is 11.5 Å². The number of hydrogen-bond donors (Lipinski definition) is 1. The van der Waals surface area contributed by atoms with Crippen LogP contribution in [0.3, 0.4) is 0 Å². The van der Waals surface area contributed by atoms with Gasteiger partial charge in [0.2, 0.25) is 5.91 Å². The minimum Gasteiger partial charge on any atom is -0.493 e. The predicted octanol–water partition coefficient (Wildman–Crippen LogP) is 3.18. The van der Waals surface area contributed by atoms with E-state index in [4.69, 9.17) is 37.6 Å². The van der Waals surface area contributed by atoms with Crippen LogP contribution in [0.1, 0.15) is 81.4 Å². The van der Waals surface area contributed by atoms with E-state index >= 15 is 0 Å². The number of sulfone groups is 1. The van der Waals surface area contributed by atoms with Crippen molar-refractivity contribution >= 4 is 27.3 Å². The van der Waals surface area contributed by atoms with Crippen molar-refractivity contribution in [3.05, 3.63) is 52.9 Å². The monoisotopic (exact) mass is 497 g/mol. The molecule has 1 saturated carbocycles. The van der Waals surface area contributed by atoms with Crippen LogP contribution in [0.25, 0.3) is 0 Å². The number of rotatable bonds is 9. The summed E-state index contributed by atoms with van der Waals surface area (Å²) in [5.41, 5.74) is -10.1. The van der Waals surface area contributed by atoms with Gasteiger partial charge in [-0.15, -0.1) is 0 Å². The van der Waals surface area contributed by atoms with Crippen LogP contribution in [0.15, 0.2) is 36.3 Å². The average molecular weight is 498 g/mol. The van der Waals surface area contributed by atoms with Crippen molar-refractivity contribution in [3.8, 4) is 11.5 Å². The summed E-state index contributed by atoms with van der Waals surface area (Å²) in [6, 6.07) is -13.5. The van der Waals surface area contributed by atoms with Gasteiger partial charge in [0.05, 0.1) is 53.0 Å². The molecule has 1 fully saturated rings. The summed E-state index contributed by atoms with van der Waals surface area (Å²) in [6.45, 7) is -9.39. The van der Waals surface area contributed by atoms with Gasteiger partial charge in [-0.05, 0) is 48.9 Å². The highest BCUT2D eigenvalue weighted by molar-refractivity contribution is 7.90. The Morgan fingerprint density at radius 3 is 3.00 bits per heavy atom. The standard InChI is InChI=1S/C24H28N2O6S/c1-4-32-21-12-16(10-11-20(21)31-2)19(14-33(3,29)30)26-13-17-6-5-7-18(22(17)24(26)28)25-23(27)15-8-9-15/h5-7,10-12,15,19H,4,8-9,13-14H2,1-3H3,(H,25,27)/t19-/m1/s1/i1D3,2D3,3D3,4D2,5D,6D,7D,8D2,9D2,10D,11D,12D,14D2,15D,19D.